The maximum atomic E-state index is 11.9. The Bertz CT molecular complexity index is 490. The molecule has 0 bridgehead atoms. The minimum Gasteiger partial charge on any atom is -0.348 e. The van der Waals surface area contributed by atoms with E-state index in [2.05, 4.69) is 5.32 Å². The zero-order valence-corrected chi connectivity index (χ0v) is 13.0. The number of rotatable bonds is 5. The molecule has 0 unspecified atom stereocenters. The number of carbonyl (C=O) groups is 2. The average molecular weight is 312 g/mol. The lowest BCUT2D eigenvalue weighted by Crippen LogP contribution is -2.37. The first-order valence-corrected chi connectivity index (χ1v) is 6.98. The molecule has 2 amide bonds. The molecule has 1 aromatic rings. The van der Waals surface area contributed by atoms with Crippen LogP contribution in [0, 0.1) is 0 Å². The van der Waals surface area contributed by atoms with Crippen LogP contribution in [-0.4, -0.2) is 35.8 Å². The Morgan fingerprint density at radius 2 is 2.05 bits per heavy atom. The van der Waals surface area contributed by atoms with Gasteiger partial charge in [0.2, 0.25) is 5.91 Å². The second-order valence-electron chi connectivity index (χ2n) is 5.23. The van der Waals surface area contributed by atoms with Gasteiger partial charge in [0.1, 0.15) is 0 Å². The number of hydrogen-bond donors (Lipinski definition) is 2. The molecule has 1 atom stereocenters. The standard InChI is InChI=1S/C15H21N3O2.ClH/c1-11(9-16)17-15(20)13-6-4-12(5-7-13)10-18-8-2-3-14(18)19;/h4-7,11H,2-3,8-10,16H2,1H3,(H,17,20);1H/t11-;/m0./s1. The fraction of sp³-hybridized carbons (Fsp3) is 0.467. The summed E-state index contributed by atoms with van der Waals surface area (Å²) >= 11 is 0. The molecule has 3 N–H and O–H groups in total. The summed E-state index contributed by atoms with van der Waals surface area (Å²) in [4.78, 5) is 25.3. The zero-order valence-electron chi connectivity index (χ0n) is 12.2. The van der Waals surface area contributed by atoms with Crippen molar-refractivity contribution >= 4 is 24.2 Å². The molecule has 1 aliphatic heterocycles. The largest absolute Gasteiger partial charge is 0.348 e. The number of nitrogens with two attached hydrogens (primary N) is 1. The van der Waals surface area contributed by atoms with Gasteiger partial charge in [-0.25, -0.2) is 0 Å². The van der Waals surface area contributed by atoms with E-state index in [-0.39, 0.29) is 30.3 Å². The smallest absolute Gasteiger partial charge is 0.251 e. The summed E-state index contributed by atoms with van der Waals surface area (Å²) in [5, 5.41) is 2.82. The highest BCUT2D eigenvalue weighted by molar-refractivity contribution is 5.94. The Morgan fingerprint density at radius 3 is 2.57 bits per heavy atom. The number of amides is 2. The molecule has 1 aliphatic rings. The monoisotopic (exact) mass is 311 g/mol. The Hall–Kier alpha value is -1.59. The molecule has 5 nitrogen and oxygen atoms in total. The average Bonchev–Trinajstić information content (AvgIpc) is 2.85. The number of halogens is 1. The van der Waals surface area contributed by atoms with Gasteiger partial charge in [0.15, 0.2) is 0 Å². The van der Waals surface area contributed by atoms with Crippen LogP contribution in [0.2, 0.25) is 0 Å². The van der Waals surface area contributed by atoms with E-state index >= 15 is 0 Å². The lowest BCUT2D eigenvalue weighted by Gasteiger charge is -2.16. The van der Waals surface area contributed by atoms with E-state index in [1.54, 1.807) is 12.1 Å². The van der Waals surface area contributed by atoms with Gasteiger partial charge in [-0.2, -0.15) is 0 Å². The summed E-state index contributed by atoms with van der Waals surface area (Å²) in [7, 11) is 0. The summed E-state index contributed by atoms with van der Waals surface area (Å²) in [6, 6.07) is 7.33. The van der Waals surface area contributed by atoms with Crippen molar-refractivity contribution in [3.05, 3.63) is 35.4 Å². The van der Waals surface area contributed by atoms with Crippen molar-refractivity contribution in [1.29, 1.82) is 0 Å². The molecule has 1 aromatic carbocycles. The van der Waals surface area contributed by atoms with E-state index in [1.165, 1.54) is 0 Å². The second kappa shape index (κ2) is 8.00. The van der Waals surface area contributed by atoms with Crippen molar-refractivity contribution in [3.63, 3.8) is 0 Å². The van der Waals surface area contributed by atoms with Crippen molar-refractivity contribution in [3.8, 4) is 0 Å². The van der Waals surface area contributed by atoms with Crippen molar-refractivity contribution in [2.75, 3.05) is 13.1 Å². The van der Waals surface area contributed by atoms with Crippen molar-refractivity contribution < 1.29 is 9.59 Å². The summed E-state index contributed by atoms with van der Waals surface area (Å²) in [6.07, 6.45) is 1.59. The molecule has 0 saturated carbocycles. The van der Waals surface area contributed by atoms with Crippen LogP contribution in [0.15, 0.2) is 24.3 Å². The van der Waals surface area contributed by atoms with Crippen LogP contribution in [0.3, 0.4) is 0 Å². The molecule has 1 saturated heterocycles. The van der Waals surface area contributed by atoms with E-state index in [0.717, 1.165) is 18.5 Å². The SMILES string of the molecule is C[C@@H](CN)NC(=O)c1ccc(CN2CCCC2=O)cc1.Cl. The maximum absolute atomic E-state index is 11.9. The van der Waals surface area contributed by atoms with Crippen molar-refractivity contribution in [2.45, 2.75) is 32.4 Å². The lowest BCUT2D eigenvalue weighted by atomic mass is 10.1. The van der Waals surface area contributed by atoms with Crippen LogP contribution in [0.25, 0.3) is 0 Å². The summed E-state index contributed by atoms with van der Waals surface area (Å²) < 4.78 is 0. The highest BCUT2D eigenvalue weighted by atomic mass is 35.5. The molecule has 0 spiro atoms. The summed E-state index contributed by atoms with van der Waals surface area (Å²) in [5.74, 6) is 0.0929. The molecule has 2 rings (SSSR count). The van der Waals surface area contributed by atoms with Crippen LogP contribution >= 0.6 is 12.4 Å². The van der Waals surface area contributed by atoms with Crippen LogP contribution in [0.1, 0.15) is 35.7 Å². The Labute approximate surface area is 131 Å². The predicted molar refractivity (Wildman–Crippen MR) is 84.3 cm³/mol. The maximum Gasteiger partial charge on any atom is 0.251 e. The normalized spacial score (nSPS) is 15.5. The van der Waals surface area contributed by atoms with Gasteiger partial charge in [0.25, 0.3) is 5.91 Å². The molecule has 6 heteroatoms. The zero-order chi connectivity index (χ0) is 14.5. The third-order valence-electron chi connectivity index (χ3n) is 3.49. The number of carbonyl (C=O) groups excluding carboxylic acids is 2. The molecular formula is C15H22ClN3O2. The molecule has 0 aliphatic carbocycles. The van der Waals surface area contributed by atoms with Gasteiger partial charge in [-0.1, -0.05) is 12.1 Å². The van der Waals surface area contributed by atoms with Crippen LogP contribution < -0.4 is 11.1 Å². The van der Waals surface area contributed by atoms with E-state index in [4.69, 9.17) is 5.73 Å². The quantitative estimate of drug-likeness (QED) is 0.861. The van der Waals surface area contributed by atoms with Gasteiger partial charge >= 0.3 is 0 Å². The van der Waals surface area contributed by atoms with E-state index in [1.807, 2.05) is 24.0 Å². The Morgan fingerprint density at radius 1 is 1.38 bits per heavy atom. The molecule has 0 radical (unpaired) electrons. The van der Waals surface area contributed by atoms with Gasteiger partial charge < -0.3 is 16.0 Å². The van der Waals surface area contributed by atoms with Crippen molar-refractivity contribution in [1.82, 2.24) is 10.2 Å². The molecule has 1 fully saturated rings. The molecule has 116 valence electrons. The number of nitrogens with zero attached hydrogens (tertiary/aromatic N) is 1. The van der Waals surface area contributed by atoms with E-state index in [9.17, 15) is 9.59 Å². The third-order valence-corrected chi connectivity index (χ3v) is 3.49. The first-order valence-electron chi connectivity index (χ1n) is 6.98. The fourth-order valence-corrected chi connectivity index (χ4v) is 2.22. The molecule has 0 aromatic heterocycles. The predicted octanol–water partition coefficient (Wildman–Crippen LogP) is 1.31. The van der Waals surface area contributed by atoms with Crippen LogP contribution in [-0.2, 0) is 11.3 Å². The molecule has 1 heterocycles. The topological polar surface area (TPSA) is 75.4 Å². The first-order chi connectivity index (χ1) is 9.60. The van der Waals surface area contributed by atoms with E-state index < -0.39 is 0 Å². The van der Waals surface area contributed by atoms with Crippen molar-refractivity contribution in [2.24, 2.45) is 5.73 Å². The highest BCUT2D eigenvalue weighted by Gasteiger charge is 2.20. The van der Waals surface area contributed by atoms with Gasteiger partial charge in [-0.15, -0.1) is 12.4 Å². The van der Waals surface area contributed by atoms with Crippen LogP contribution in [0.4, 0.5) is 0 Å². The second-order valence-corrected chi connectivity index (χ2v) is 5.23. The van der Waals surface area contributed by atoms with Gasteiger partial charge in [-0.05, 0) is 31.0 Å². The van der Waals surface area contributed by atoms with Gasteiger partial charge in [0.05, 0.1) is 0 Å². The number of likely N-dealkylation sites (tertiary alicyclic amines) is 1. The fourth-order valence-electron chi connectivity index (χ4n) is 2.22. The summed E-state index contributed by atoms with van der Waals surface area (Å²) in [6.45, 7) is 3.74. The third kappa shape index (κ3) is 4.72. The Kier molecular flexibility index (Phi) is 6.65. The Balaban J connectivity index is 0.00000220. The molecular weight excluding hydrogens is 290 g/mol. The minimum absolute atomic E-state index is 0. The van der Waals surface area contributed by atoms with Gasteiger partial charge in [-0.3, -0.25) is 9.59 Å². The summed E-state index contributed by atoms with van der Waals surface area (Å²) in [5.41, 5.74) is 7.13. The highest BCUT2D eigenvalue weighted by Crippen LogP contribution is 2.14. The number of nitrogens with one attached hydrogen (secondary N) is 1. The van der Waals surface area contributed by atoms with Crippen LogP contribution in [0.5, 0.6) is 0 Å². The lowest BCUT2D eigenvalue weighted by molar-refractivity contribution is -0.128. The number of benzene rings is 1. The first kappa shape index (κ1) is 17.5. The molecule has 21 heavy (non-hydrogen) atoms. The van der Waals surface area contributed by atoms with Gasteiger partial charge in [0, 0.05) is 37.7 Å². The van der Waals surface area contributed by atoms with E-state index in [0.29, 0.717) is 25.1 Å². The number of hydrogen-bond acceptors (Lipinski definition) is 3. The minimum atomic E-state index is -0.119.